The van der Waals surface area contributed by atoms with Gasteiger partial charge in [-0.3, -0.25) is 9.59 Å². The van der Waals surface area contributed by atoms with Gasteiger partial charge in [0, 0.05) is 12.5 Å². The Balaban J connectivity index is 2.14. The molecule has 0 bridgehead atoms. The number of piperazine rings is 1. The van der Waals surface area contributed by atoms with Crippen LogP contribution in [0.15, 0.2) is 0 Å². The summed E-state index contributed by atoms with van der Waals surface area (Å²) < 4.78 is 0. The van der Waals surface area contributed by atoms with Crippen LogP contribution in [-0.4, -0.2) is 46.9 Å². The fourth-order valence-corrected chi connectivity index (χ4v) is 2.82. The van der Waals surface area contributed by atoms with Crippen molar-refractivity contribution in [3.63, 3.8) is 0 Å². The number of rotatable bonds is 2. The molecule has 0 aromatic carbocycles. The molecule has 0 aromatic heterocycles. The molecule has 2 fully saturated rings. The van der Waals surface area contributed by atoms with Gasteiger partial charge >= 0.3 is 5.97 Å². The predicted octanol–water partition coefficient (Wildman–Crippen LogP) is -0.166. The highest BCUT2D eigenvalue weighted by Crippen LogP contribution is 2.33. The Labute approximate surface area is 105 Å². The minimum atomic E-state index is -1.06. The molecule has 2 rings (SSSR count). The van der Waals surface area contributed by atoms with Crippen molar-refractivity contribution < 1.29 is 19.5 Å². The van der Waals surface area contributed by atoms with Gasteiger partial charge in [-0.25, -0.2) is 4.79 Å². The van der Waals surface area contributed by atoms with Crippen LogP contribution in [0.2, 0.25) is 0 Å². The van der Waals surface area contributed by atoms with E-state index in [2.05, 4.69) is 5.32 Å². The number of nitrogens with one attached hydrogen (secondary N) is 1. The molecule has 1 saturated carbocycles. The normalized spacial score (nSPS) is 32.2. The molecular weight excluding hydrogens is 236 g/mol. The van der Waals surface area contributed by atoms with Crippen LogP contribution in [0.1, 0.15) is 26.2 Å². The summed E-state index contributed by atoms with van der Waals surface area (Å²) in [6, 6.07) is -0.928. The van der Waals surface area contributed by atoms with Gasteiger partial charge in [-0.15, -0.1) is 0 Å². The first kappa shape index (κ1) is 12.9. The molecule has 3 unspecified atom stereocenters. The summed E-state index contributed by atoms with van der Waals surface area (Å²) in [7, 11) is 0. The van der Waals surface area contributed by atoms with Crippen LogP contribution in [0.5, 0.6) is 0 Å². The van der Waals surface area contributed by atoms with Crippen LogP contribution < -0.4 is 5.32 Å². The summed E-state index contributed by atoms with van der Waals surface area (Å²) in [5.74, 6) is -1.38. The van der Waals surface area contributed by atoms with Crippen LogP contribution in [-0.2, 0) is 14.4 Å². The van der Waals surface area contributed by atoms with E-state index in [9.17, 15) is 14.4 Å². The Bertz CT molecular complexity index is 382. The molecule has 6 nitrogen and oxygen atoms in total. The minimum Gasteiger partial charge on any atom is -0.480 e. The van der Waals surface area contributed by atoms with Gasteiger partial charge in [0.2, 0.25) is 11.8 Å². The molecule has 1 saturated heterocycles. The van der Waals surface area contributed by atoms with Gasteiger partial charge in [0.1, 0.15) is 12.6 Å². The summed E-state index contributed by atoms with van der Waals surface area (Å²) in [4.78, 5) is 36.1. The van der Waals surface area contributed by atoms with E-state index in [0.717, 1.165) is 19.3 Å². The third-order valence-corrected chi connectivity index (χ3v) is 3.93. The van der Waals surface area contributed by atoms with Crippen molar-refractivity contribution >= 4 is 17.8 Å². The second-order valence-corrected chi connectivity index (χ2v) is 5.14. The van der Waals surface area contributed by atoms with E-state index in [4.69, 9.17) is 5.11 Å². The van der Waals surface area contributed by atoms with E-state index in [1.807, 2.05) is 6.92 Å². The monoisotopic (exact) mass is 254 g/mol. The van der Waals surface area contributed by atoms with Crippen molar-refractivity contribution in [1.82, 2.24) is 10.2 Å². The van der Waals surface area contributed by atoms with Crippen molar-refractivity contribution in [2.75, 3.05) is 13.1 Å². The maximum absolute atomic E-state index is 12.4. The van der Waals surface area contributed by atoms with Gasteiger partial charge in [0.15, 0.2) is 0 Å². The minimum absolute atomic E-state index is 0.001000. The quantitative estimate of drug-likeness (QED) is 0.716. The first-order chi connectivity index (χ1) is 8.50. The van der Waals surface area contributed by atoms with Crippen molar-refractivity contribution in [3.05, 3.63) is 0 Å². The maximum atomic E-state index is 12.4. The zero-order valence-corrected chi connectivity index (χ0v) is 10.4. The van der Waals surface area contributed by atoms with E-state index in [1.54, 1.807) is 0 Å². The molecule has 2 amide bonds. The number of carboxylic acid groups (broad SMARTS) is 1. The number of carbonyl (C=O) groups excluding carboxylic acids is 2. The number of nitrogens with zero attached hydrogens (tertiary/aromatic N) is 1. The smallest absolute Gasteiger partial charge is 0.328 e. The lowest BCUT2D eigenvalue weighted by Crippen LogP contribution is -2.60. The van der Waals surface area contributed by atoms with Gasteiger partial charge in [-0.2, -0.15) is 0 Å². The van der Waals surface area contributed by atoms with Crippen LogP contribution >= 0.6 is 0 Å². The second-order valence-electron chi connectivity index (χ2n) is 5.14. The summed E-state index contributed by atoms with van der Waals surface area (Å²) >= 11 is 0. The number of hydrogen-bond donors (Lipinski definition) is 2. The van der Waals surface area contributed by atoms with Gasteiger partial charge in [0.25, 0.3) is 0 Å². The van der Waals surface area contributed by atoms with E-state index >= 15 is 0 Å². The zero-order valence-electron chi connectivity index (χ0n) is 10.4. The van der Waals surface area contributed by atoms with E-state index in [1.165, 1.54) is 4.90 Å². The topological polar surface area (TPSA) is 86.7 Å². The Morgan fingerprint density at radius 3 is 2.67 bits per heavy atom. The molecule has 3 atom stereocenters. The van der Waals surface area contributed by atoms with E-state index in [-0.39, 0.29) is 36.7 Å². The highest BCUT2D eigenvalue weighted by Gasteiger charge is 2.40. The average molecular weight is 254 g/mol. The number of amides is 2. The fraction of sp³-hybridized carbons (Fsp3) is 0.750. The van der Waals surface area contributed by atoms with Crippen LogP contribution in [0, 0.1) is 11.8 Å². The van der Waals surface area contributed by atoms with Crippen LogP contribution in [0.3, 0.4) is 0 Å². The number of carbonyl (C=O) groups is 3. The molecule has 2 N–H and O–H groups in total. The Morgan fingerprint density at radius 2 is 2.11 bits per heavy atom. The molecule has 18 heavy (non-hydrogen) atoms. The predicted molar refractivity (Wildman–Crippen MR) is 62.7 cm³/mol. The standard InChI is InChI=1S/C12H18N2O4/c1-7-3-2-4-8(7)11(16)14-6-10(15)13-5-9(14)12(17)18/h7-9H,2-6H2,1H3,(H,13,15)(H,17,18). The maximum Gasteiger partial charge on any atom is 0.328 e. The first-order valence-corrected chi connectivity index (χ1v) is 6.30. The van der Waals surface area contributed by atoms with E-state index in [0.29, 0.717) is 0 Å². The molecule has 0 spiro atoms. The van der Waals surface area contributed by atoms with Crippen molar-refractivity contribution in [2.24, 2.45) is 11.8 Å². The lowest BCUT2D eigenvalue weighted by atomic mass is 9.95. The third kappa shape index (κ3) is 2.32. The molecule has 1 heterocycles. The summed E-state index contributed by atoms with van der Waals surface area (Å²) in [5.41, 5.74) is 0. The highest BCUT2D eigenvalue weighted by molar-refractivity contribution is 5.92. The summed E-state index contributed by atoms with van der Waals surface area (Å²) in [6.45, 7) is 1.87. The second kappa shape index (κ2) is 4.96. The average Bonchev–Trinajstić information content (AvgIpc) is 2.74. The first-order valence-electron chi connectivity index (χ1n) is 6.30. The molecule has 6 heteroatoms. The highest BCUT2D eigenvalue weighted by atomic mass is 16.4. The van der Waals surface area contributed by atoms with Crippen LogP contribution in [0.4, 0.5) is 0 Å². The Morgan fingerprint density at radius 1 is 1.39 bits per heavy atom. The molecule has 0 aromatic rings. The molecule has 1 aliphatic heterocycles. The Kier molecular flexibility index (Phi) is 3.54. The molecular formula is C12H18N2O4. The number of carboxylic acids is 1. The van der Waals surface area contributed by atoms with Gasteiger partial charge in [0.05, 0.1) is 0 Å². The summed E-state index contributed by atoms with van der Waals surface area (Å²) in [6.07, 6.45) is 2.79. The third-order valence-electron chi connectivity index (χ3n) is 3.93. The van der Waals surface area contributed by atoms with Crippen molar-refractivity contribution in [2.45, 2.75) is 32.2 Å². The molecule has 100 valence electrons. The largest absolute Gasteiger partial charge is 0.480 e. The molecule has 2 aliphatic rings. The van der Waals surface area contributed by atoms with Gasteiger partial charge < -0.3 is 15.3 Å². The number of hydrogen-bond acceptors (Lipinski definition) is 3. The number of aliphatic carboxylic acids is 1. The SMILES string of the molecule is CC1CCCC1C(=O)N1CC(=O)NCC1C(=O)O. The summed E-state index contributed by atoms with van der Waals surface area (Å²) in [5, 5.41) is 11.6. The van der Waals surface area contributed by atoms with Crippen molar-refractivity contribution in [3.8, 4) is 0 Å². The van der Waals surface area contributed by atoms with E-state index < -0.39 is 12.0 Å². The molecule has 1 aliphatic carbocycles. The zero-order chi connectivity index (χ0) is 13.3. The van der Waals surface area contributed by atoms with Gasteiger partial charge in [-0.05, 0) is 18.8 Å². The van der Waals surface area contributed by atoms with Crippen LogP contribution in [0.25, 0.3) is 0 Å². The van der Waals surface area contributed by atoms with Gasteiger partial charge in [-0.1, -0.05) is 13.3 Å². The lowest BCUT2D eigenvalue weighted by molar-refractivity contribution is -0.156. The lowest BCUT2D eigenvalue weighted by Gasteiger charge is -2.35. The molecule has 0 radical (unpaired) electrons. The van der Waals surface area contributed by atoms with Crippen molar-refractivity contribution in [1.29, 1.82) is 0 Å². The fourth-order valence-electron chi connectivity index (χ4n) is 2.82. The Hall–Kier alpha value is -1.59.